The molecule has 4 heterocycles. The van der Waals surface area contributed by atoms with Gasteiger partial charge in [-0.3, -0.25) is 14.8 Å². The summed E-state index contributed by atoms with van der Waals surface area (Å²) in [7, 11) is 0. The first kappa shape index (κ1) is 16.6. The number of piperazine rings is 1. The van der Waals surface area contributed by atoms with Gasteiger partial charge < -0.3 is 9.64 Å². The SMILES string of the molecule is CC1(C)C=CC2=C(C=C1)c1n[nH]c(C(=O)N3CCN4CCC45CCC35)c1CO2. The van der Waals surface area contributed by atoms with Gasteiger partial charge in [0.25, 0.3) is 5.91 Å². The molecule has 0 aromatic carbocycles. The lowest BCUT2D eigenvalue weighted by molar-refractivity contribution is -0.161. The van der Waals surface area contributed by atoms with E-state index in [1.165, 1.54) is 19.4 Å². The summed E-state index contributed by atoms with van der Waals surface area (Å²) >= 11 is 0. The van der Waals surface area contributed by atoms with E-state index in [0.29, 0.717) is 18.3 Å². The van der Waals surface area contributed by atoms with Crippen molar-refractivity contribution >= 4 is 11.5 Å². The highest BCUT2D eigenvalue weighted by molar-refractivity contribution is 5.96. The Kier molecular flexibility index (Phi) is 3.19. The maximum atomic E-state index is 13.5. The molecule has 2 saturated heterocycles. The Morgan fingerprint density at radius 3 is 2.82 bits per heavy atom. The zero-order valence-electron chi connectivity index (χ0n) is 16.5. The zero-order valence-corrected chi connectivity index (χ0v) is 16.5. The third kappa shape index (κ3) is 2.07. The van der Waals surface area contributed by atoms with E-state index < -0.39 is 0 Å². The van der Waals surface area contributed by atoms with Gasteiger partial charge in [0.15, 0.2) is 0 Å². The minimum Gasteiger partial charge on any atom is -0.488 e. The van der Waals surface area contributed by atoms with Crippen LogP contribution in [0.5, 0.6) is 0 Å². The predicted octanol–water partition coefficient (Wildman–Crippen LogP) is 2.87. The molecule has 6 heteroatoms. The van der Waals surface area contributed by atoms with Crippen LogP contribution in [-0.2, 0) is 11.3 Å². The summed E-state index contributed by atoms with van der Waals surface area (Å²) < 4.78 is 6.03. The van der Waals surface area contributed by atoms with Crippen LogP contribution in [0.1, 0.15) is 54.9 Å². The second-order valence-corrected chi connectivity index (χ2v) is 9.37. The third-order valence-electron chi connectivity index (χ3n) is 7.48. The van der Waals surface area contributed by atoms with Gasteiger partial charge in [0.05, 0.1) is 6.04 Å². The summed E-state index contributed by atoms with van der Waals surface area (Å²) in [6, 6.07) is 0.363. The summed E-state index contributed by atoms with van der Waals surface area (Å²) in [5, 5.41) is 7.61. The van der Waals surface area contributed by atoms with E-state index in [0.717, 1.165) is 42.1 Å². The topological polar surface area (TPSA) is 61.5 Å². The number of hydrogen-bond acceptors (Lipinski definition) is 4. The van der Waals surface area contributed by atoms with Crippen molar-refractivity contribution in [2.45, 2.75) is 51.3 Å². The number of carbonyl (C=O) groups is 1. The minimum atomic E-state index is -0.0309. The van der Waals surface area contributed by atoms with E-state index in [9.17, 15) is 4.79 Å². The van der Waals surface area contributed by atoms with Crippen molar-refractivity contribution in [3.8, 4) is 0 Å². The van der Waals surface area contributed by atoms with Crippen molar-refractivity contribution in [1.29, 1.82) is 0 Å². The monoisotopic (exact) mass is 378 g/mol. The van der Waals surface area contributed by atoms with E-state index >= 15 is 0 Å². The number of fused-ring (bicyclic) bond motifs is 2. The molecule has 1 saturated carbocycles. The number of aromatic nitrogens is 2. The second-order valence-electron chi connectivity index (χ2n) is 9.37. The van der Waals surface area contributed by atoms with E-state index in [2.05, 4.69) is 52.1 Å². The van der Waals surface area contributed by atoms with Gasteiger partial charge in [0.2, 0.25) is 0 Å². The van der Waals surface area contributed by atoms with Gasteiger partial charge in [-0.1, -0.05) is 32.1 Å². The lowest BCUT2D eigenvalue weighted by atomic mass is 9.61. The number of nitrogens with zero attached hydrogens (tertiary/aromatic N) is 3. The number of amides is 1. The largest absolute Gasteiger partial charge is 0.488 e. The fourth-order valence-corrected chi connectivity index (χ4v) is 5.57. The van der Waals surface area contributed by atoms with Crippen molar-refractivity contribution in [2.75, 3.05) is 19.6 Å². The van der Waals surface area contributed by atoms with Gasteiger partial charge in [-0.2, -0.15) is 5.10 Å². The van der Waals surface area contributed by atoms with Crippen LogP contribution in [0.4, 0.5) is 0 Å². The van der Waals surface area contributed by atoms with Crippen molar-refractivity contribution < 1.29 is 9.53 Å². The normalized spacial score (nSPS) is 32.2. The Balaban J connectivity index is 1.34. The number of rotatable bonds is 1. The summed E-state index contributed by atoms with van der Waals surface area (Å²) in [6.07, 6.45) is 12.0. The Labute approximate surface area is 164 Å². The summed E-state index contributed by atoms with van der Waals surface area (Å²) in [6.45, 7) is 7.71. The maximum Gasteiger partial charge on any atom is 0.272 e. The third-order valence-corrected chi connectivity index (χ3v) is 7.48. The van der Waals surface area contributed by atoms with Crippen LogP contribution in [0.25, 0.3) is 5.57 Å². The molecule has 2 unspecified atom stereocenters. The molecule has 6 nitrogen and oxygen atoms in total. The molecule has 2 atom stereocenters. The minimum absolute atomic E-state index is 0.0309. The van der Waals surface area contributed by atoms with Gasteiger partial charge in [0.1, 0.15) is 23.8 Å². The molecule has 28 heavy (non-hydrogen) atoms. The number of nitrogens with one attached hydrogen (secondary N) is 1. The van der Waals surface area contributed by atoms with Crippen molar-refractivity contribution in [2.24, 2.45) is 5.41 Å². The first-order chi connectivity index (χ1) is 13.5. The smallest absolute Gasteiger partial charge is 0.272 e. The highest BCUT2D eigenvalue weighted by Gasteiger charge is 2.61. The first-order valence-electron chi connectivity index (χ1n) is 10.4. The molecule has 146 valence electrons. The standard InChI is InChI=1S/C22H26N4O2/c1-21(2)6-3-14-16(4-7-21)28-13-15-18(14)23-24-19(15)20(27)26-12-11-25-10-9-22(25)8-5-17(22)26/h3-4,6-7,17H,5,8-13H2,1-2H3,(H,23,24). The highest BCUT2D eigenvalue weighted by atomic mass is 16.5. The van der Waals surface area contributed by atoms with E-state index in [4.69, 9.17) is 4.74 Å². The zero-order chi connectivity index (χ0) is 19.1. The van der Waals surface area contributed by atoms with Crippen LogP contribution in [0.3, 0.4) is 0 Å². The number of H-pyrrole nitrogens is 1. The van der Waals surface area contributed by atoms with Gasteiger partial charge >= 0.3 is 0 Å². The van der Waals surface area contributed by atoms with Crippen LogP contribution in [-0.4, -0.2) is 57.1 Å². The number of carbonyl (C=O) groups excluding carboxylic acids is 1. The molecule has 0 bridgehead atoms. The number of allylic oxidation sites excluding steroid dienone is 5. The van der Waals surface area contributed by atoms with Crippen molar-refractivity contribution in [3.05, 3.63) is 47.0 Å². The molecular formula is C22H26N4O2. The Bertz CT molecular complexity index is 965. The number of aromatic amines is 1. The lowest BCUT2D eigenvalue weighted by Crippen LogP contribution is -2.79. The molecule has 6 rings (SSSR count). The molecule has 3 fully saturated rings. The van der Waals surface area contributed by atoms with Crippen LogP contribution >= 0.6 is 0 Å². The molecule has 1 amide bonds. The van der Waals surface area contributed by atoms with Crippen LogP contribution in [0.2, 0.25) is 0 Å². The van der Waals surface area contributed by atoms with E-state index in [1.807, 2.05) is 6.08 Å². The van der Waals surface area contributed by atoms with E-state index in [1.54, 1.807) is 0 Å². The molecule has 3 aliphatic heterocycles. The van der Waals surface area contributed by atoms with Crippen LogP contribution in [0, 0.1) is 5.41 Å². The average Bonchev–Trinajstić information content (AvgIpc) is 2.98. The summed E-state index contributed by atoms with van der Waals surface area (Å²) in [4.78, 5) is 18.1. The Hall–Kier alpha value is -2.34. The molecule has 2 aliphatic carbocycles. The van der Waals surface area contributed by atoms with Crippen LogP contribution in [0.15, 0.2) is 30.1 Å². The molecule has 1 N–H and O–H groups in total. The van der Waals surface area contributed by atoms with Gasteiger partial charge in [-0.25, -0.2) is 0 Å². The molecule has 1 spiro atoms. The summed E-state index contributed by atoms with van der Waals surface area (Å²) in [5.41, 5.74) is 3.57. The quantitative estimate of drug-likeness (QED) is 0.816. The van der Waals surface area contributed by atoms with Crippen molar-refractivity contribution in [3.63, 3.8) is 0 Å². The van der Waals surface area contributed by atoms with Gasteiger partial charge in [0, 0.05) is 41.7 Å². The average molecular weight is 378 g/mol. The Morgan fingerprint density at radius 2 is 2.07 bits per heavy atom. The van der Waals surface area contributed by atoms with E-state index in [-0.39, 0.29) is 16.9 Å². The first-order valence-corrected chi connectivity index (χ1v) is 10.4. The van der Waals surface area contributed by atoms with Gasteiger partial charge in [-0.05, 0) is 25.3 Å². The molecule has 5 aliphatic rings. The molecular weight excluding hydrogens is 352 g/mol. The molecule has 1 aromatic rings. The fourth-order valence-electron chi connectivity index (χ4n) is 5.57. The lowest BCUT2D eigenvalue weighted by Gasteiger charge is -2.68. The predicted molar refractivity (Wildman–Crippen MR) is 105 cm³/mol. The highest BCUT2D eigenvalue weighted by Crippen LogP contribution is 2.52. The maximum absolute atomic E-state index is 13.5. The number of hydrogen-bond donors (Lipinski definition) is 1. The van der Waals surface area contributed by atoms with Crippen molar-refractivity contribution in [1.82, 2.24) is 20.0 Å². The molecule has 0 radical (unpaired) electrons. The fraction of sp³-hybridized carbons (Fsp3) is 0.545. The van der Waals surface area contributed by atoms with Crippen LogP contribution < -0.4 is 0 Å². The summed E-state index contributed by atoms with van der Waals surface area (Å²) in [5.74, 6) is 0.923. The number of ether oxygens (including phenoxy) is 1. The Morgan fingerprint density at radius 1 is 1.21 bits per heavy atom. The van der Waals surface area contributed by atoms with Gasteiger partial charge in [-0.15, -0.1) is 0 Å². The second kappa shape index (κ2) is 5.38. The molecule has 1 aromatic heterocycles.